The molecule has 0 fully saturated rings. The summed E-state index contributed by atoms with van der Waals surface area (Å²) < 4.78 is 0. The molecule has 0 saturated carbocycles. The topological polar surface area (TPSA) is 59.1 Å². The van der Waals surface area contributed by atoms with Crippen molar-refractivity contribution in [1.82, 2.24) is 10.3 Å². The maximum Gasteiger partial charge on any atom is 0.220 e. The molecule has 1 aromatic heterocycles. The number of amides is 1. The Morgan fingerprint density at radius 2 is 1.91 bits per heavy atom. The number of hydrogen-bond donors (Lipinski definition) is 1. The van der Waals surface area contributed by atoms with E-state index in [0.29, 0.717) is 12.1 Å². The van der Waals surface area contributed by atoms with Gasteiger partial charge in [0.05, 0.1) is 0 Å². The molecule has 0 saturated heterocycles. The van der Waals surface area contributed by atoms with Gasteiger partial charge < -0.3 is 5.32 Å². The van der Waals surface area contributed by atoms with Crippen LogP contribution in [-0.4, -0.2) is 29.5 Å². The molecule has 0 aliphatic heterocycles. The average molecular weight is 328 g/mol. The van der Waals surface area contributed by atoms with Crippen molar-refractivity contribution >= 4 is 23.5 Å². The number of carbonyl (C=O) groups is 2. The number of benzene rings is 1. The molecular weight excluding hydrogens is 308 g/mol. The van der Waals surface area contributed by atoms with E-state index in [0.717, 1.165) is 16.9 Å². The third kappa shape index (κ3) is 5.87. The first-order chi connectivity index (χ1) is 11.2. The van der Waals surface area contributed by atoms with Crippen LogP contribution >= 0.6 is 11.8 Å². The highest BCUT2D eigenvalue weighted by Crippen LogP contribution is 2.16. The van der Waals surface area contributed by atoms with Crippen molar-refractivity contribution < 1.29 is 9.59 Å². The highest BCUT2D eigenvalue weighted by atomic mass is 32.2. The Labute approximate surface area is 140 Å². The van der Waals surface area contributed by atoms with E-state index in [4.69, 9.17) is 0 Å². The normalized spacial score (nSPS) is 10.3. The molecule has 120 valence electrons. The number of rotatable bonds is 8. The number of thioether (sulfide) groups is 1. The lowest BCUT2D eigenvalue weighted by Gasteiger charge is -2.05. The van der Waals surface area contributed by atoms with Gasteiger partial charge in [-0.15, -0.1) is 11.8 Å². The van der Waals surface area contributed by atoms with Gasteiger partial charge in [0.25, 0.3) is 0 Å². The van der Waals surface area contributed by atoms with E-state index in [1.807, 2.05) is 42.7 Å². The third-order valence-corrected chi connectivity index (χ3v) is 4.19. The highest BCUT2D eigenvalue weighted by Gasteiger charge is 2.09. The van der Waals surface area contributed by atoms with Gasteiger partial charge in [-0.2, -0.15) is 0 Å². The average Bonchev–Trinajstić information content (AvgIpc) is 2.60. The van der Waals surface area contributed by atoms with E-state index in [1.54, 1.807) is 24.2 Å². The standard InChI is InChI=1S/C18H20N2O2S/c1-23-16-6-4-15(5-7-16)17(21)8-9-18(22)20-12-10-14-3-2-11-19-13-14/h2-7,11,13H,8-10,12H2,1H3,(H,20,22). The Balaban J connectivity index is 1.70. The van der Waals surface area contributed by atoms with Crippen LogP contribution in [0.15, 0.2) is 53.7 Å². The second-order valence-corrected chi connectivity index (χ2v) is 5.99. The fourth-order valence-corrected chi connectivity index (χ4v) is 2.54. The van der Waals surface area contributed by atoms with E-state index in [9.17, 15) is 9.59 Å². The van der Waals surface area contributed by atoms with Crippen LogP contribution < -0.4 is 5.32 Å². The van der Waals surface area contributed by atoms with E-state index >= 15 is 0 Å². The molecule has 2 aromatic rings. The van der Waals surface area contributed by atoms with Crippen molar-refractivity contribution in [2.24, 2.45) is 0 Å². The first kappa shape index (κ1) is 17.2. The molecule has 0 unspecified atom stereocenters. The lowest BCUT2D eigenvalue weighted by molar-refractivity contribution is -0.121. The molecule has 0 aliphatic carbocycles. The van der Waals surface area contributed by atoms with Crippen molar-refractivity contribution in [3.63, 3.8) is 0 Å². The second-order valence-electron chi connectivity index (χ2n) is 5.11. The van der Waals surface area contributed by atoms with E-state index in [1.165, 1.54) is 0 Å². The van der Waals surface area contributed by atoms with Gasteiger partial charge in [-0.1, -0.05) is 18.2 Å². The molecule has 0 atom stereocenters. The minimum absolute atomic E-state index is 0.0000578. The molecular formula is C18H20N2O2S. The summed E-state index contributed by atoms with van der Waals surface area (Å²) in [7, 11) is 0. The zero-order valence-corrected chi connectivity index (χ0v) is 13.9. The predicted molar refractivity (Wildman–Crippen MR) is 92.7 cm³/mol. The zero-order chi connectivity index (χ0) is 16.5. The van der Waals surface area contributed by atoms with Crippen LogP contribution in [0, 0.1) is 0 Å². The Hall–Kier alpha value is -2.14. The van der Waals surface area contributed by atoms with Gasteiger partial charge in [0.1, 0.15) is 0 Å². The largest absolute Gasteiger partial charge is 0.356 e. The van der Waals surface area contributed by atoms with Crippen molar-refractivity contribution in [3.8, 4) is 0 Å². The summed E-state index contributed by atoms with van der Waals surface area (Å²) in [5, 5.41) is 2.83. The molecule has 0 radical (unpaired) electrons. The first-order valence-corrected chi connectivity index (χ1v) is 8.74. The summed E-state index contributed by atoms with van der Waals surface area (Å²) in [5.41, 5.74) is 1.74. The number of aromatic nitrogens is 1. The van der Waals surface area contributed by atoms with Gasteiger partial charge in [-0.3, -0.25) is 14.6 Å². The summed E-state index contributed by atoms with van der Waals surface area (Å²) >= 11 is 1.63. The van der Waals surface area contributed by atoms with E-state index < -0.39 is 0 Å². The minimum atomic E-state index is -0.0945. The summed E-state index contributed by atoms with van der Waals surface area (Å²) in [6.45, 7) is 0.557. The number of ketones is 1. The van der Waals surface area contributed by atoms with Crippen molar-refractivity contribution in [2.75, 3.05) is 12.8 Å². The van der Waals surface area contributed by atoms with Crippen LogP contribution in [0.25, 0.3) is 0 Å². The quantitative estimate of drug-likeness (QED) is 0.597. The van der Waals surface area contributed by atoms with Crippen LogP contribution in [0.4, 0.5) is 0 Å². The third-order valence-electron chi connectivity index (χ3n) is 3.45. The van der Waals surface area contributed by atoms with Crippen LogP contribution in [0.3, 0.4) is 0 Å². The lowest BCUT2D eigenvalue weighted by atomic mass is 10.1. The molecule has 1 aromatic carbocycles. The molecule has 1 N–H and O–H groups in total. The molecule has 2 rings (SSSR count). The fraction of sp³-hybridized carbons (Fsp3) is 0.278. The molecule has 0 aliphatic rings. The Kier molecular flexibility index (Phi) is 6.81. The predicted octanol–water partition coefficient (Wildman–Crippen LogP) is 3.13. The van der Waals surface area contributed by atoms with Gasteiger partial charge in [0.2, 0.25) is 5.91 Å². The highest BCUT2D eigenvalue weighted by molar-refractivity contribution is 7.98. The molecule has 0 bridgehead atoms. The minimum Gasteiger partial charge on any atom is -0.356 e. The molecule has 4 nitrogen and oxygen atoms in total. The van der Waals surface area contributed by atoms with E-state index in [-0.39, 0.29) is 24.5 Å². The van der Waals surface area contributed by atoms with Crippen LogP contribution in [0.2, 0.25) is 0 Å². The van der Waals surface area contributed by atoms with Gasteiger partial charge in [-0.05, 0) is 36.4 Å². The number of hydrogen-bond acceptors (Lipinski definition) is 4. The fourth-order valence-electron chi connectivity index (χ4n) is 2.13. The van der Waals surface area contributed by atoms with Gasteiger partial charge in [0, 0.05) is 42.2 Å². The number of pyridine rings is 1. The monoisotopic (exact) mass is 328 g/mol. The molecule has 23 heavy (non-hydrogen) atoms. The molecule has 1 heterocycles. The molecule has 1 amide bonds. The van der Waals surface area contributed by atoms with Crippen LogP contribution in [0.1, 0.15) is 28.8 Å². The number of nitrogens with zero attached hydrogens (tertiary/aromatic N) is 1. The second kappa shape index (κ2) is 9.10. The summed E-state index contributed by atoms with van der Waals surface area (Å²) in [5.74, 6) is -0.0944. The maximum atomic E-state index is 12.0. The molecule has 5 heteroatoms. The first-order valence-electron chi connectivity index (χ1n) is 7.52. The van der Waals surface area contributed by atoms with Crippen LogP contribution in [-0.2, 0) is 11.2 Å². The summed E-state index contributed by atoms with van der Waals surface area (Å²) in [6, 6.07) is 11.3. The smallest absolute Gasteiger partial charge is 0.220 e. The van der Waals surface area contributed by atoms with Gasteiger partial charge >= 0.3 is 0 Å². The Morgan fingerprint density at radius 3 is 2.57 bits per heavy atom. The van der Waals surface area contributed by atoms with Crippen molar-refractivity contribution in [2.45, 2.75) is 24.2 Å². The Bertz CT molecular complexity index is 642. The van der Waals surface area contributed by atoms with Crippen molar-refractivity contribution in [1.29, 1.82) is 0 Å². The molecule has 0 spiro atoms. The van der Waals surface area contributed by atoms with Gasteiger partial charge in [0.15, 0.2) is 5.78 Å². The van der Waals surface area contributed by atoms with Gasteiger partial charge in [-0.25, -0.2) is 0 Å². The maximum absolute atomic E-state index is 12.0. The number of carbonyl (C=O) groups excluding carboxylic acids is 2. The number of nitrogens with one attached hydrogen (secondary N) is 1. The SMILES string of the molecule is CSc1ccc(C(=O)CCC(=O)NCCc2cccnc2)cc1. The Morgan fingerprint density at radius 1 is 1.13 bits per heavy atom. The van der Waals surface area contributed by atoms with Crippen LogP contribution in [0.5, 0.6) is 0 Å². The zero-order valence-electron chi connectivity index (χ0n) is 13.1. The van der Waals surface area contributed by atoms with E-state index in [2.05, 4.69) is 10.3 Å². The summed E-state index contributed by atoms with van der Waals surface area (Å²) in [4.78, 5) is 29.0. The van der Waals surface area contributed by atoms with Crippen molar-refractivity contribution in [3.05, 3.63) is 59.9 Å². The number of Topliss-reactive ketones (excluding diaryl/α,β-unsaturated/α-hetero) is 1. The summed E-state index contributed by atoms with van der Waals surface area (Å²) in [6.07, 6.45) is 6.69. The lowest BCUT2D eigenvalue weighted by Crippen LogP contribution is -2.26.